The lowest BCUT2D eigenvalue weighted by atomic mass is 9.99. The van der Waals surface area contributed by atoms with E-state index in [1.807, 2.05) is 0 Å². The summed E-state index contributed by atoms with van der Waals surface area (Å²) in [6.45, 7) is 2.09. The van der Waals surface area contributed by atoms with E-state index in [1.165, 1.54) is 10.3 Å². The van der Waals surface area contributed by atoms with Gasteiger partial charge in [0.25, 0.3) is 0 Å². The van der Waals surface area contributed by atoms with Crippen LogP contribution in [-0.2, 0) is 4.65 Å². The Morgan fingerprint density at radius 1 is 1.67 bits per heavy atom. The molecule has 0 aliphatic carbocycles. The smallest absolute Gasteiger partial charge is 0.318 e. The summed E-state index contributed by atoms with van der Waals surface area (Å²) in [6.07, 6.45) is 0. The maximum absolute atomic E-state index is 4.95. The first-order valence-corrected chi connectivity index (χ1v) is 3.74. The Bertz CT molecular complexity index is 185. The molecule has 0 unspecified atom stereocenters. The van der Waals surface area contributed by atoms with Crippen LogP contribution < -0.4 is 4.78 Å². The van der Waals surface area contributed by atoms with Crippen LogP contribution in [0.3, 0.4) is 0 Å². The normalized spacial score (nSPS) is 9.56. The summed E-state index contributed by atoms with van der Waals surface area (Å²) in [7, 11) is 2.47. The first-order chi connectivity index (χ1) is 4.33. The Hall–Kier alpha value is -0.275. The molecule has 0 radical (unpaired) electrons. The largest absolute Gasteiger partial charge is 0.436 e. The van der Waals surface area contributed by atoms with E-state index in [2.05, 4.69) is 18.4 Å². The van der Waals surface area contributed by atoms with Gasteiger partial charge in [0.1, 0.15) is 0 Å². The third kappa shape index (κ3) is 1.84. The van der Waals surface area contributed by atoms with Crippen molar-refractivity contribution in [2.75, 3.05) is 7.11 Å². The number of aryl methyl sites for hydroxylation is 1. The molecule has 1 rings (SSSR count). The highest BCUT2D eigenvalue weighted by Crippen LogP contribution is 1.99. The van der Waals surface area contributed by atoms with Gasteiger partial charge in [0, 0.05) is 11.9 Å². The molecule has 1 heterocycles. The van der Waals surface area contributed by atoms with Crippen LogP contribution in [0.2, 0.25) is 0 Å². The predicted octanol–water partition coefficient (Wildman–Crippen LogP) is 0.680. The van der Waals surface area contributed by atoms with Crippen LogP contribution in [0.5, 0.6) is 0 Å². The molecule has 0 aromatic carbocycles. The fourth-order valence-electron chi connectivity index (χ4n) is 0.709. The second-order valence-corrected chi connectivity index (χ2v) is 3.02. The van der Waals surface area contributed by atoms with Crippen LogP contribution in [0.1, 0.15) is 5.56 Å². The minimum absolute atomic E-state index is 0.749. The molecule has 1 aromatic heterocycles. The highest BCUT2D eigenvalue weighted by Gasteiger charge is 1.95. The highest BCUT2D eigenvalue weighted by atomic mass is 32.1. The quantitative estimate of drug-likeness (QED) is 0.549. The number of rotatable bonds is 2. The van der Waals surface area contributed by atoms with E-state index in [-0.39, 0.29) is 0 Å². The minimum Gasteiger partial charge on any atom is -0.436 e. The molecule has 3 heteroatoms. The van der Waals surface area contributed by atoms with Crippen LogP contribution in [0.4, 0.5) is 0 Å². The van der Waals surface area contributed by atoms with Crippen molar-refractivity contribution in [3.8, 4) is 0 Å². The molecule has 0 amide bonds. The summed E-state index contributed by atoms with van der Waals surface area (Å²) in [5, 5.41) is 2.13. The Labute approximate surface area is 59.9 Å². The fraction of sp³-hybridized carbons (Fsp3) is 0.333. The van der Waals surface area contributed by atoms with Gasteiger partial charge in [-0.05, 0) is 17.9 Å². The molecule has 1 nitrogen and oxygen atoms in total. The third-order valence-electron chi connectivity index (χ3n) is 1.07. The van der Waals surface area contributed by atoms with Crippen molar-refractivity contribution in [1.82, 2.24) is 0 Å². The van der Waals surface area contributed by atoms with E-state index in [1.54, 1.807) is 18.4 Å². The van der Waals surface area contributed by atoms with Gasteiger partial charge in [0.2, 0.25) is 0 Å². The molecule has 0 spiro atoms. The molecule has 48 valence electrons. The molecule has 0 aliphatic rings. The van der Waals surface area contributed by atoms with E-state index >= 15 is 0 Å². The summed E-state index contributed by atoms with van der Waals surface area (Å²) in [4.78, 5) is 0. The highest BCUT2D eigenvalue weighted by molar-refractivity contribution is 7.19. The Morgan fingerprint density at radius 3 is 2.89 bits per heavy atom. The second-order valence-electron chi connectivity index (χ2n) is 2.02. The first kappa shape index (κ1) is 6.84. The molecule has 9 heavy (non-hydrogen) atoms. The molecule has 0 aliphatic heterocycles. The van der Waals surface area contributed by atoms with Crippen LogP contribution in [-0.4, -0.2) is 14.6 Å². The van der Waals surface area contributed by atoms with E-state index in [0.717, 1.165) is 7.48 Å². The topological polar surface area (TPSA) is 9.23 Å². The lowest BCUT2D eigenvalue weighted by Crippen LogP contribution is -2.10. The number of hydrogen-bond donors (Lipinski definition) is 0. The Balaban J connectivity index is 2.61. The van der Waals surface area contributed by atoms with Gasteiger partial charge in [-0.25, -0.2) is 0 Å². The Kier molecular flexibility index (Phi) is 2.31. The number of hydrogen-bond acceptors (Lipinski definition) is 2. The zero-order valence-corrected chi connectivity index (χ0v) is 6.49. The van der Waals surface area contributed by atoms with Gasteiger partial charge in [0.05, 0.1) is 0 Å². The van der Waals surface area contributed by atoms with E-state index in [4.69, 9.17) is 4.65 Å². The average molecular weight is 140 g/mol. The molecular weight excluding hydrogens is 131 g/mol. The minimum atomic E-state index is 0.749. The molecule has 0 saturated heterocycles. The monoisotopic (exact) mass is 140 g/mol. The average Bonchev–Trinajstić information content (AvgIpc) is 2.17. The van der Waals surface area contributed by atoms with Crippen molar-refractivity contribution in [3.63, 3.8) is 0 Å². The van der Waals surface area contributed by atoms with Crippen molar-refractivity contribution >= 4 is 23.6 Å². The summed E-state index contributed by atoms with van der Waals surface area (Å²) in [6, 6.07) is 2.15. The molecule has 0 atom stereocenters. The molecule has 0 fully saturated rings. The Morgan fingerprint density at radius 2 is 2.44 bits per heavy atom. The summed E-state index contributed by atoms with van der Waals surface area (Å²) in [5.41, 5.74) is 1.33. The fourth-order valence-corrected chi connectivity index (χ4v) is 1.55. The van der Waals surface area contributed by atoms with Gasteiger partial charge in [-0.1, -0.05) is 6.07 Å². The molecule has 0 N–H and O–H groups in total. The lowest BCUT2D eigenvalue weighted by Gasteiger charge is -1.86. The first-order valence-electron chi connectivity index (χ1n) is 2.86. The van der Waals surface area contributed by atoms with Crippen molar-refractivity contribution in [3.05, 3.63) is 17.0 Å². The van der Waals surface area contributed by atoms with Crippen LogP contribution in [0.15, 0.2) is 11.4 Å². The van der Waals surface area contributed by atoms with Crippen molar-refractivity contribution < 1.29 is 4.65 Å². The van der Waals surface area contributed by atoms with Crippen LogP contribution >= 0.6 is 11.3 Å². The van der Waals surface area contributed by atoms with Crippen molar-refractivity contribution in [2.24, 2.45) is 0 Å². The van der Waals surface area contributed by atoms with Gasteiger partial charge in [0.15, 0.2) is 0 Å². The maximum Gasteiger partial charge on any atom is 0.318 e. The zero-order chi connectivity index (χ0) is 6.69. The van der Waals surface area contributed by atoms with Crippen LogP contribution in [0, 0.1) is 6.92 Å². The second kappa shape index (κ2) is 3.04. The summed E-state index contributed by atoms with van der Waals surface area (Å²) in [5.74, 6) is 0. The number of thiophene rings is 1. The van der Waals surface area contributed by atoms with Gasteiger partial charge in [-0.2, -0.15) is 11.3 Å². The molecule has 0 saturated carbocycles. The maximum atomic E-state index is 4.95. The zero-order valence-electron chi connectivity index (χ0n) is 5.68. The van der Waals surface area contributed by atoms with Gasteiger partial charge in [-0.3, -0.25) is 0 Å². The third-order valence-corrected chi connectivity index (χ3v) is 2.10. The standard InChI is InChI=1S/C6H9BOS/c1-5-3-6(7-8-2)9-4-5/h3-4,7H,1-2H3. The van der Waals surface area contributed by atoms with Crippen LogP contribution in [0.25, 0.3) is 0 Å². The molecular formula is C6H9BOS. The lowest BCUT2D eigenvalue weighted by molar-refractivity contribution is 0.451. The molecule has 0 bridgehead atoms. The van der Waals surface area contributed by atoms with Crippen molar-refractivity contribution in [2.45, 2.75) is 6.92 Å². The SMILES string of the molecule is COBc1cc(C)cs1. The molecule has 1 aromatic rings. The van der Waals surface area contributed by atoms with E-state index < -0.39 is 0 Å². The summed E-state index contributed by atoms with van der Waals surface area (Å²) >= 11 is 1.75. The van der Waals surface area contributed by atoms with E-state index in [0.29, 0.717) is 0 Å². The predicted molar refractivity (Wildman–Crippen MR) is 42.8 cm³/mol. The summed E-state index contributed by atoms with van der Waals surface area (Å²) < 4.78 is 6.25. The van der Waals surface area contributed by atoms with E-state index in [9.17, 15) is 0 Å². The van der Waals surface area contributed by atoms with Gasteiger partial charge < -0.3 is 4.65 Å². The van der Waals surface area contributed by atoms with Gasteiger partial charge >= 0.3 is 7.48 Å². The van der Waals surface area contributed by atoms with Gasteiger partial charge in [-0.15, -0.1) is 0 Å². The van der Waals surface area contributed by atoms with Crippen molar-refractivity contribution in [1.29, 1.82) is 0 Å².